The van der Waals surface area contributed by atoms with E-state index in [4.69, 9.17) is 19.4 Å². The molecular formula is C50H63F2N9O6. The lowest BCUT2D eigenvalue weighted by atomic mass is 9.85. The van der Waals surface area contributed by atoms with E-state index in [0.717, 1.165) is 35.2 Å². The van der Waals surface area contributed by atoms with Gasteiger partial charge in [-0.15, -0.1) is 0 Å². The first-order valence-corrected chi connectivity index (χ1v) is 23.5. The fourth-order valence-corrected chi connectivity index (χ4v) is 10.5. The number of aromatic amines is 2. The number of likely N-dealkylation sites (tertiary alicyclic amines) is 2. The van der Waals surface area contributed by atoms with Gasteiger partial charge in [-0.3, -0.25) is 9.59 Å². The molecule has 3 fully saturated rings. The second kappa shape index (κ2) is 18.8. The summed E-state index contributed by atoms with van der Waals surface area (Å²) >= 11 is 0. The van der Waals surface area contributed by atoms with Gasteiger partial charge in [0, 0.05) is 18.8 Å². The van der Waals surface area contributed by atoms with E-state index < -0.39 is 48.0 Å². The van der Waals surface area contributed by atoms with Gasteiger partial charge in [-0.2, -0.15) is 0 Å². The van der Waals surface area contributed by atoms with Gasteiger partial charge < -0.3 is 44.8 Å². The first-order valence-electron chi connectivity index (χ1n) is 23.5. The fourth-order valence-electron chi connectivity index (χ4n) is 10.5. The summed E-state index contributed by atoms with van der Waals surface area (Å²) in [5, 5.41) is 5.35. The van der Waals surface area contributed by atoms with E-state index in [0.29, 0.717) is 61.5 Å². The van der Waals surface area contributed by atoms with E-state index in [9.17, 15) is 19.2 Å². The molecule has 3 aliphatic rings. The van der Waals surface area contributed by atoms with Crippen LogP contribution in [0.5, 0.6) is 0 Å². The number of aromatic nitrogens is 4. The molecule has 5 aromatic rings. The van der Waals surface area contributed by atoms with Crippen LogP contribution in [0.4, 0.5) is 24.1 Å². The number of imidazole rings is 2. The number of nitrogens with one attached hydrogen (secondary N) is 4. The maximum absolute atomic E-state index is 16.5. The third-order valence-electron chi connectivity index (χ3n) is 13.8. The van der Waals surface area contributed by atoms with Crippen LogP contribution in [-0.4, -0.2) is 93.1 Å². The number of carbonyl (C=O) groups is 4. The average Bonchev–Trinajstić information content (AvgIpc) is 4.15. The molecule has 17 heteroatoms. The van der Waals surface area contributed by atoms with Gasteiger partial charge in [0.2, 0.25) is 11.8 Å². The number of anilines is 1. The number of methoxy groups -OCH3 is 2. The minimum absolute atomic E-state index is 0.173. The minimum atomic E-state index is -0.809. The zero-order valence-corrected chi connectivity index (χ0v) is 39.8. The second-order valence-electron chi connectivity index (χ2n) is 19.9. The third kappa shape index (κ3) is 9.12. The number of amides is 4. The number of para-hydroxylation sites is 1. The van der Waals surface area contributed by atoms with Crippen LogP contribution < -0.4 is 15.5 Å². The third-order valence-corrected chi connectivity index (χ3v) is 13.8. The molecule has 0 bridgehead atoms. The van der Waals surface area contributed by atoms with Crippen molar-refractivity contribution in [1.82, 2.24) is 40.4 Å². The van der Waals surface area contributed by atoms with Crippen molar-refractivity contribution in [2.75, 3.05) is 32.2 Å². The van der Waals surface area contributed by atoms with Crippen LogP contribution in [0.2, 0.25) is 0 Å². The number of hydrogen-bond acceptors (Lipinski definition) is 9. The Labute approximate surface area is 389 Å². The number of H-pyrrole nitrogens is 2. The Hall–Kier alpha value is -6.26. The number of carbonyl (C=O) groups excluding carboxylic acids is 4. The van der Waals surface area contributed by atoms with Crippen molar-refractivity contribution in [3.8, 4) is 0 Å². The summed E-state index contributed by atoms with van der Waals surface area (Å²) in [7, 11) is 2.51. The van der Waals surface area contributed by atoms with Crippen molar-refractivity contribution in [2.45, 2.75) is 129 Å². The number of ether oxygens (including phenoxy) is 2. The quantitative estimate of drug-likeness (QED) is 0.101. The van der Waals surface area contributed by atoms with Crippen LogP contribution in [-0.2, 0) is 24.5 Å². The van der Waals surface area contributed by atoms with Crippen molar-refractivity contribution in [2.24, 2.45) is 11.8 Å². The van der Waals surface area contributed by atoms with Crippen LogP contribution in [0, 0.1) is 23.5 Å². The van der Waals surface area contributed by atoms with Crippen molar-refractivity contribution in [3.05, 3.63) is 88.5 Å². The van der Waals surface area contributed by atoms with Gasteiger partial charge in [0.25, 0.3) is 0 Å². The summed E-state index contributed by atoms with van der Waals surface area (Å²) < 4.78 is 42.7. The van der Waals surface area contributed by atoms with Crippen molar-refractivity contribution in [1.29, 1.82) is 0 Å². The Morgan fingerprint density at radius 1 is 0.672 bits per heavy atom. The number of rotatable bonds is 11. The van der Waals surface area contributed by atoms with Gasteiger partial charge in [-0.1, -0.05) is 66.7 Å². The maximum Gasteiger partial charge on any atom is 0.407 e. The molecule has 2 aromatic heterocycles. The number of benzene rings is 3. The zero-order valence-electron chi connectivity index (χ0n) is 39.8. The predicted molar refractivity (Wildman–Crippen MR) is 250 cm³/mol. The van der Waals surface area contributed by atoms with Gasteiger partial charge >= 0.3 is 12.2 Å². The highest BCUT2D eigenvalue weighted by Crippen LogP contribution is 2.50. The van der Waals surface area contributed by atoms with Gasteiger partial charge in [-0.25, -0.2) is 28.3 Å². The fraction of sp³-hybridized carbons (Fsp3) is 0.520. The average molecular weight is 924 g/mol. The summed E-state index contributed by atoms with van der Waals surface area (Å²) in [6.07, 6.45) is 2.56. The molecule has 0 radical (unpaired) electrons. The van der Waals surface area contributed by atoms with Crippen LogP contribution in [0.1, 0.15) is 139 Å². The first kappa shape index (κ1) is 47.2. The van der Waals surface area contributed by atoms with Crippen molar-refractivity contribution >= 4 is 51.8 Å². The molecule has 3 aromatic carbocycles. The van der Waals surface area contributed by atoms with Crippen molar-refractivity contribution in [3.63, 3.8) is 0 Å². The molecule has 5 heterocycles. The zero-order chi connectivity index (χ0) is 48.1. The molecule has 15 nitrogen and oxygen atoms in total. The number of nitrogens with zero attached hydrogens (tertiary/aromatic N) is 5. The predicted octanol–water partition coefficient (Wildman–Crippen LogP) is 9.19. The van der Waals surface area contributed by atoms with Gasteiger partial charge in [0.05, 0.1) is 49.4 Å². The second-order valence-corrected chi connectivity index (χ2v) is 19.9. The van der Waals surface area contributed by atoms with E-state index in [1.165, 1.54) is 14.2 Å². The molecule has 3 aliphatic heterocycles. The van der Waals surface area contributed by atoms with Crippen LogP contribution >= 0.6 is 0 Å². The van der Waals surface area contributed by atoms with Gasteiger partial charge in [0.15, 0.2) is 11.6 Å². The van der Waals surface area contributed by atoms with Crippen molar-refractivity contribution < 1.29 is 37.4 Å². The Morgan fingerprint density at radius 3 is 1.51 bits per heavy atom. The first-order chi connectivity index (χ1) is 31.9. The molecule has 4 N–H and O–H groups in total. The molecule has 3 saturated heterocycles. The topological polar surface area (TPSA) is 178 Å². The summed E-state index contributed by atoms with van der Waals surface area (Å²) in [5.41, 5.74) is 4.58. The van der Waals surface area contributed by atoms with E-state index in [2.05, 4.69) is 58.4 Å². The molecule has 6 atom stereocenters. The number of hydrogen-bond donors (Lipinski definition) is 4. The number of halogens is 2. The molecule has 4 amide bonds. The molecule has 67 heavy (non-hydrogen) atoms. The smallest absolute Gasteiger partial charge is 0.407 e. The molecule has 0 spiro atoms. The Bertz CT molecular complexity index is 2520. The highest BCUT2D eigenvalue weighted by molar-refractivity contribution is 5.88. The lowest BCUT2D eigenvalue weighted by Gasteiger charge is -2.37. The molecule has 0 aliphatic carbocycles. The maximum atomic E-state index is 16.5. The highest BCUT2D eigenvalue weighted by atomic mass is 19.1. The van der Waals surface area contributed by atoms with E-state index in [1.807, 2.05) is 52.0 Å². The van der Waals surface area contributed by atoms with Crippen LogP contribution in [0.15, 0.2) is 48.5 Å². The summed E-state index contributed by atoms with van der Waals surface area (Å²) in [5.74, 6) is -0.965. The largest absolute Gasteiger partial charge is 0.453 e. The van der Waals surface area contributed by atoms with E-state index in [1.54, 1.807) is 21.9 Å². The highest BCUT2D eigenvalue weighted by Gasteiger charge is 2.42. The number of fused-ring (bicyclic) bond motifs is 2. The molecule has 358 valence electrons. The lowest BCUT2D eigenvalue weighted by molar-refractivity contribution is -0.136. The Morgan fingerprint density at radius 2 is 1.10 bits per heavy atom. The molecule has 0 saturated carbocycles. The van der Waals surface area contributed by atoms with E-state index in [-0.39, 0.29) is 52.2 Å². The lowest BCUT2D eigenvalue weighted by Crippen LogP contribution is -2.51. The molecular weight excluding hydrogens is 861 g/mol. The SMILES string of the molecule is COC(=O)N[C@H](C(=O)N1CCC[C@H]1c1nc2c(F)cc(C3CCC(c4cc(F)c5nc([C@@H]6CCCN6C(=O)[C@@H](NC(=O)OC)C(C)C)[nH]c5c4)N3c3ccccc3C(C)(C)C)cc2[nH]1)C(C)C. The standard InChI is InChI=1S/C50H63F2N9O6/c1-26(2)40(57-48(64)66-8)46(62)59-20-12-16-38(59)44-53-33-24-28(22-31(51)42(33)55-44)35-18-19-36(61(35)37-15-11-10-14-30(37)50(5,6)7)29-23-32(52)43-34(25-29)54-45(56-43)39-17-13-21-60(39)47(63)41(27(3)4)58-49(65)67-9/h10-11,14-15,22-27,35-36,38-41H,12-13,16-21H2,1-9H3,(H,53,55)(H,54,56)(H,57,64)(H,58,65)/t35?,36?,38-,39-,40-,41-/m0/s1. The number of alkyl carbamates (subject to hydrolysis) is 2. The van der Waals surface area contributed by atoms with Gasteiger partial charge in [0.1, 0.15) is 34.8 Å². The molecule has 2 unspecified atom stereocenters. The van der Waals surface area contributed by atoms with Gasteiger partial charge in [-0.05, 0) is 103 Å². The Balaban J connectivity index is 1.14. The van der Waals surface area contributed by atoms with E-state index >= 15 is 8.78 Å². The summed E-state index contributed by atoms with van der Waals surface area (Å²) in [4.78, 5) is 74.1. The monoisotopic (exact) mass is 923 g/mol. The van der Waals surface area contributed by atoms with Crippen LogP contribution in [0.25, 0.3) is 22.1 Å². The summed E-state index contributed by atoms with van der Waals surface area (Å²) in [6.45, 7) is 14.8. The summed E-state index contributed by atoms with van der Waals surface area (Å²) in [6, 6.07) is 12.0. The Kier molecular flexibility index (Phi) is 13.2. The normalized spacial score (nSPS) is 20.9. The minimum Gasteiger partial charge on any atom is -0.453 e. The molecule has 8 rings (SSSR count). The van der Waals surface area contributed by atoms with Crippen LogP contribution in [0.3, 0.4) is 0 Å².